The number of carbonyl (C=O) groups excluding carboxylic acids is 1. The molecule has 4 rings (SSSR count). The molecular formula is C21H16O6S. The molecule has 4 aromatic rings. The molecule has 6 nitrogen and oxygen atoms in total. The van der Waals surface area contributed by atoms with Crippen LogP contribution in [0.4, 0.5) is 0 Å². The summed E-state index contributed by atoms with van der Waals surface area (Å²) in [5.74, 6) is 0.669. The van der Waals surface area contributed by atoms with Gasteiger partial charge in [0.15, 0.2) is 0 Å². The Labute approximate surface area is 163 Å². The van der Waals surface area contributed by atoms with Crippen molar-refractivity contribution in [2.45, 2.75) is 13.5 Å². The van der Waals surface area contributed by atoms with Crippen molar-refractivity contribution in [3.8, 4) is 17.1 Å². The standard InChI is InChI=1S/C21H16O6S/c1-12-19(16-7-8-17(27-16)21(23)24-2)20(22)15-6-5-13(10-18(15)26-12)25-11-14-4-3-9-28-14/h3-10H,11H2,1-2H3. The maximum Gasteiger partial charge on any atom is 0.373 e. The third-order valence-corrected chi connectivity index (χ3v) is 5.09. The van der Waals surface area contributed by atoms with Crippen molar-refractivity contribution >= 4 is 28.3 Å². The minimum atomic E-state index is -0.610. The van der Waals surface area contributed by atoms with Crippen LogP contribution >= 0.6 is 11.3 Å². The van der Waals surface area contributed by atoms with E-state index in [1.165, 1.54) is 13.2 Å². The molecule has 28 heavy (non-hydrogen) atoms. The first-order chi connectivity index (χ1) is 13.6. The molecule has 0 saturated carbocycles. The van der Waals surface area contributed by atoms with E-state index in [2.05, 4.69) is 4.74 Å². The number of rotatable bonds is 5. The Morgan fingerprint density at radius 3 is 2.75 bits per heavy atom. The van der Waals surface area contributed by atoms with Crippen LogP contribution in [0.3, 0.4) is 0 Å². The number of fused-ring (bicyclic) bond motifs is 1. The zero-order chi connectivity index (χ0) is 19.7. The molecule has 0 bridgehead atoms. The van der Waals surface area contributed by atoms with Crippen LogP contribution < -0.4 is 10.2 Å². The van der Waals surface area contributed by atoms with E-state index >= 15 is 0 Å². The third kappa shape index (κ3) is 3.32. The van der Waals surface area contributed by atoms with E-state index in [0.29, 0.717) is 29.1 Å². The summed E-state index contributed by atoms with van der Waals surface area (Å²) in [6, 6.07) is 12.1. The van der Waals surface area contributed by atoms with Gasteiger partial charge in [-0.05, 0) is 42.6 Å². The average Bonchev–Trinajstić information content (AvgIpc) is 3.38. The van der Waals surface area contributed by atoms with Crippen LogP contribution in [0.1, 0.15) is 21.2 Å². The first-order valence-electron chi connectivity index (χ1n) is 8.48. The summed E-state index contributed by atoms with van der Waals surface area (Å²) < 4.78 is 21.7. The van der Waals surface area contributed by atoms with Crippen LogP contribution in [0.15, 0.2) is 61.5 Å². The van der Waals surface area contributed by atoms with Crippen LogP contribution in [-0.4, -0.2) is 13.1 Å². The molecular weight excluding hydrogens is 380 g/mol. The number of ether oxygens (including phenoxy) is 2. The molecule has 0 amide bonds. The molecule has 0 unspecified atom stereocenters. The zero-order valence-corrected chi connectivity index (χ0v) is 16.0. The largest absolute Gasteiger partial charge is 0.488 e. The lowest BCUT2D eigenvalue weighted by molar-refractivity contribution is 0.0566. The summed E-state index contributed by atoms with van der Waals surface area (Å²) in [7, 11) is 1.26. The SMILES string of the molecule is COC(=O)c1ccc(-c2c(C)oc3cc(OCc4cccs4)ccc3c2=O)o1. The van der Waals surface area contributed by atoms with Crippen LogP contribution in [0.2, 0.25) is 0 Å². The van der Waals surface area contributed by atoms with Crippen molar-refractivity contribution in [1.82, 2.24) is 0 Å². The van der Waals surface area contributed by atoms with Crippen molar-refractivity contribution < 1.29 is 23.1 Å². The van der Waals surface area contributed by atoms with Crippen molar-refractivity contribution in [3.05, 3.63) is 74.5 Å². The maximum atomic E-state index is 13.0. The van der Waals surface area contributed by atoms with Gasteiger partial charge in [-0.2, -0.15) is 0 Å². The first-order valence-corrected chi connectivity index (χ1v) is 9.36. The van der Waals surface area contributed by atoms with E-state index in [-0.39, 0.29) is 22.5 Å². The van der Waals surface area contributed by atoms with E-state index in [0.717, 1.165) is 4.88 Å². The number of methoxy groups -OCH3 is 1. The predicted octanol–water partition coefficient (Wildman–Crippen LogP) is 4.79. The van der Waals surface area contributed by atoms with Crippen molar-refractivity contribution in [1.29, 1.82) is 0 Å². The summed E-state index contributed by atoms with van der Waals surface area (Å²) >= 11 is 1.61. The normalized spacial score (nSPS) is 10.9. The summed E-state index contributed by atoms with van der Waals surface area (Å²) in [5.41, 5.74) is 0.457. The van der Waals surface area contributed by atoms with Crippen LogP contribution in [0, 0.1) is 6.92 Å². The van der Waals surface area contributed by atoms with E-state index in [1.54, 1.807) is 42.5 Å². The van der Waals surface area contributed by atoms with E-state index in [1.807, 2.05) is 17.5 Å². The number of esters is 1. The fourth-order valence-electron chi connectivity index (χ4n) is 2.89. The van der Waals surface area contributed by atoms with Crippen LogP contribution in [0.5, 0.6) is 5.75 Å². The van der Waals surface area contributed by atoms with Gasteiger partial charge < -0.3 is 18.3 Å². The molecule has 3 aromatic heterocycles. The molecule has 0 fully saturated rings. The fourth-order valence-corrected chi connectivity index (χ4v) is 3.51. The number of benzene rings is 1. The Bertz CT molecular complexity index is 1200. The molecule has 0 aliphatic heterocycles. The second-order valence-electron chi connectivity index (χ2n) is 6.04. The lowest BCUT2D eigenvalue weighted by Gasteiger charge is -2.08. The number of aryl methyl sites for hydroxylation is 1. The Morgan fingerprint density at radius 1 is 1.14 bits per heavy atom. The van der Waals surface area contributed by atoms with E-state index < -0.39 is 5.97 Å². The Hall–Kier alpha value is -3.32. The number of hydrogen-bond acceptors (Lipinski definition) is 7. The Kier molecular flexibility index (Phi) is 4.75. The highest BCUT2D eigenvalue weighted by atomic mass is 32.1. The molecule has 0 saturated heterocycles. The van der Waals surface area contributed by atoms with Crippen molar-refractivity contribution in [2.75, 3.05) is 7.11 Å². The molecule has 0 aliphatic rings. The number of furan rings is 1. The van der Waals surface area contributed by atoms with Crippen LogP contribution in [-0.2, 0) is 11.3 Å². The minimum Gasteiger partial charge on any atom is -0.488 e. The van der Waals surface area contributed by atoms with E-state index in [4.69, 9.17) is 13.6 Å². The van der Waals surface area contributed by atoms with Gasteiger partial charge in [-0.3, -0.25) is 4.79 Å². The van der Waals surface area contributed by atoms with Gasteiger partial charge in [-0.15, -0.1) is 11.3 Å². The van der Waals surface area contributed by atoms with Crippen molar-refractivity contribution in [2.24, 2.45) is 0 Å². The third-order valence-electron chi connectivity index (χ3n) is 4.24. The van der Waals surface area contributed by atoms with E-state index in [9.17, 15) is 9.59 Å². The van der Waals surface area contributed by atoms with Crippen LogP contribution in [0.25, 0.3) is 22.3 Å². The highest BCUT2D eigenvalue weighted by molar-refractivity contribution is 7.09. The topological polar surface area (TPSA) is 78.9 Å². The summed E-state index contributed by atoms with van der Waals surface area (Å²) in [6.07, 6.45) is 0. The summed E-state index contributed by atoms with van der Waals surface area (Å²) in [4.78, 5) is 25.7. The monoisotopic (exact) mass is 396 g/mol. The molecule has 0 N–H and O–H groups in total. The smallest absolute Gasteiger partial charge is 0.373 e. The molecule has 0 aliphatic carbocycles. The minimum absolute atomic E-state index is 0.0220. The van der Waals surface area contributed by atoms with Gasteiger partial charge in [-0.25, -0.2) is 4.79 Å². The van der Waals surface area contributed by atoms with Gasteiger partial charge in [0.25, 0.3) is 0 Å². The quantitative estimate of drug-likeness (QED) is 0.451. The predicted molar refractivity (Wildman–Crippen MR) is 105 cm³/mol. The van der Waals surface area contributed by atoms with Gasteiger partial charge in [0.05, 0.1) is 12.5 Å². The Balaban J connectivity index is 1.70. The number of hydrogen-bond donors (Lipinski definition) is 0. The van der Waals surface area contributed by atoms with Crippen molar-refractivity contribution in [3.63, 3.8) is 0 Å². The van der Waals surface area contributed by atoms with Gasteiger partial charge >= 0.3 is 5.97 Å². The maximum absolute atomic E-state index is 13.0. The highest BCUT2D eigenvalue weighted by Crippen LogP contribution is 2.28. The average molecular weight is 396 g/mol. The van der Waals surface area contributed by atoms with Gasteiger partial charge in [0.1, 0.15) is 35.0 Å². The molecule has 7 heteroatoms. The van der Waals surface area contributed by atoms with Gasteiger partial charge in [0.2, 0.25) is 11.2 Å². The first kappa shape index (κ1) is 18.1. The molecule has 3 heterocycles. The lowest BCUT2D eigenvalue weighted by atomic mass is 10.1. The molecule has 142 valence electrons. The molecule has 0 radical (unpaired) electrons. The fraction of sp³-hybridized carbons (Fsp3) is 0.143. The number of thiophene rings is 1. The molecule has 0 spiro atoms. The highest BCUT2D eigenvalue weighted by Gasteiger charge is 2.19. The second-order valence-corrected chi connectivity index (χ2v) is 7.08. The Morgan fingerprint density at radius 2 is 2.00 bits per heavy atom. The zero-order valence-electron chi connectivity index (χ0n) is 15.2. The summed E-state index contributed by atoms with van der Waals surface area (Å²) in [6.45, 7) is 2.13. The van der Waals surface area contributed by atoms with Gasteiger partial charge in [0, 0.05) is 10.9 Å². The molecule has 1 aromatic carbocycles. The summed E-state index contributed by atoms with van der Waals surface area (Å²) in [5, 5.41) is 2.39. The number of carbonyl (C=O) groups is 1. The van der Waals surface area contributed by atoms with Gasteiger partial charge in [-0.1, -0.05) is 6.07 Å². The molecule has 0 atom stereocenters. The second kappa shape index (κ2) is 7.36. The lowest BCUT2D eigenvalue weighted by Crippen LogP contribution is -2.07.